The van der Waals surface area contributed by atoms with Gasteiger partial charge in [0.05, 0.1) is 24.6 Å². The van der Waals surface area contributed by atoms with Gasteiger partial charge in [-0.3, -0.25) is 14.9 Å². The van der Waals surface area contributed by atoms with Crippen molar-refractivity contribution in [1.29, 1.82) is 0 Å². The van der Waals surface area contributed by atoms with Crippen molar-refractivity contribution < 1.29 is 18.7 Å². The molecular weight excluding hydrogens is 344 g/mol. The van der Waals surface area contributed by atoms with E-state index in [1.54, 1.807) is 36.7 Å². The van der Waals surface area contributed by atoms with E-state index in [0.717, 1.165) is 5.69 Å². The summed E-state index contributed by atoms with van der Waals surface area (Å²) in [5.74, 6) is -0.591. The number of hydrogen-bond donors (Lipinski definition) is 2. The van der Waals surface area contributed by atoms with Crippen molar-refractivity contribution in [3.8, 4) is 17.1 Å². The van der Waals surface area contributed by atoms with Crippen LogP contribution in [0.4, 0.5) is 10.8 Å². The first kappa shape index (κ1) is 16.7. The van der Waals surface area contributed by atoms with Crippen molar-refractivity contribution in [1.82, 2.24) is 9.97 Å². The van der Waals surface area contributed by atoms with Crippen molar-refractivity contribution in [2.75, 3.05) is 17.7 Å². The number of nitrogens with zero attached hydrogens (tertiary/aromatic N) is 2. The van der Waals surface area contributed by atoms with E-state index in [-0.39, 0.29) is 0 Å². The fourth-order valence-electron chi connectivity index (χ4n) is 2.07. The van der Waals surface area contributed by atoms with Gasteiger partial charge in [0.2, 0.25) is 0 Å². The molecule has 0 aliphatic carbocycles. The van der Waals surface area contributed by atoms with E-state index in [0.29, 0.717) is 27.9 Å². The number of carbonyl (C=O) groups is 2. The van der Waals surface area contributed by atoms with Gasteiger partial charge in [0, 0.05) is 17.1 Å². The van der Waals surface area contributed by atoms with Crippen LogP contribution in [0.25, 0.3) is 11.3 Å². The number of amides is 2. The first-order chi connectivity index (χ1) is 12.1. The van der Waals surface area contributed by atoms with Crippen LogP contribution in [0.15, 0.2) is 40.6 Å². The molecule has 0 saturated heterocycles. The average Bonchev–Trinajstić information content (AvgIpc) is 3.26. The number of ether oxygens (including phenoxy) is 1. The predicted molar refractivity (Wildman–Crippen MR) is 92.6 cm³/mol. The standard InChI is InChI=1S/C16H14N4O4S/c1-9-7-25-16(18-9)20-15(22)14(21)19-10-3-4-11(12(5-10)23-2)13-6-17-8-24-13/h3-8H,1-2H3,(H,19,21)(H,18,20,22). The molecule has 25 heavy (non-hydrogen) atoms. The van der Waals surface area contributed by atoms with Crippen LogP contribution in [-0.2, 0) is 9.59 Å². The Labute approximate surface area is 146 Å². The Balaban J connectivity index is 1.71. The number of thiazole rings is 1. The third-order valence-corrected chi connectivity index (χ3v) is 4.08. The highest BCUT2D eigenvalue weighted by Gasteiger charge is 2.17. The molecule has 2 heterocycles. The van der Waals surface area contributed by atoms with Crippen LogP contribution in [-0.4, -0.2) is 28.9 Å². The number of benzene rings is 1. The SMILES string of the molecule is COc1cc(NC(=O)C(=O)Nc2nc(C)cs2)ccc1-c1cnco1. The average molecular weight is 358 g/mol. The monoisotopic (exact) mass is 358 g/mol. The van der Waals surface area contributed by atoms with Gasteiger partial charge in [0.25, 0.3) is 0 Å². The van der Waals surface area contributed by atoms with E-state index in [2.05, 4.69) is 20.6 Å². The lowest BCUT2D eigenvalue weighted by Gasteiger charge is -2.10. The molecule has 0 fully saturated rings. The molecule has 0 radical (unpaired) electrons. The number of aryl methyl sites for hydroxylation is 1. The number of hydrogen-bond acceptors (Lipinski definition) is 7. The highest BCUT2D eigenvalue weighted by Crippen LogP contribution is 2.32. The molecule has 1 aromatic carbocycles. The van der Waals surface area contributed by atoms with E-state index in [1.165, 1.54) is 24.8 Å². The summed E-state index contributed by atoms with van der Waals surface area (Å²) in [6, 6.07) is 4.94. The third kappa shape index (κ3) is 3.83. The molecule has 0 saturated carbocycles. The number of methoxy groups -OCH3 is 1. The Bertz CT molecular complexity index is 905. The normalized spacial score (nSPS) is 10.3. The summed E-state index contributed by atoms with van der Waals surface area (Å²) in [5.41, 5.74) is 1.87. The zero-order valence-electron chi connectivity index (χ0n) is 13.4. The number of rotatable bonds is 4. The highest BCUT2D eigenvalue weighted by molar-refractivity contribution is 7.14. The molecule has 2 amide bonds. The number of carbonyl (C=O) groups excluding carboxylic acids is 2. The largest absolute Gasteiger partial charge is 0.496 e. The van der Waals surface area contributed by atoms with Crippen LogP contribution in [0.5, 0.6) is 5.75 Å². The molecule has 0 bridgehead atoms. The van der Waals surface area contributed by atoms with Crippen molar-refractivity contribution in [3.05, 3.63) is 41.9 Å². The predicted octanol–water partition coefficient (Wildman–Crippen LogP) is 2.69. The molecule has 3 aromatic rings. The van der Waals surface area contributed by atoms with Gasteiger partial charge in [0.1, 0.15) is 5.75 Å². The maximum Gasteiger partial charge on any atom is 0.315 e. The summed E-state index contributed by atoms with van der Waals surface area (Å²) >= 11 is 1.25. The Hall–Kier alpha value is -3.20. The minimum atomic E-state index is -0.803. The van der Waals surface area contributed by atoms with Crippen molar-refractivity contribution in [2.45, 2.75) is 6.92 Å². The quantitative estimate of drug-likeness (QED) is 0.695. The van der Waals surface area contributed by atoms with E-state index >= 15 is 0 Å². The molecule has 0 aliphatic rings. The Morgan fingerprint density at radius 2 is 2.04 bits per heavy atom. The maximum absolute atomic E-state index is 12.0. The number of anilines is 2. The van der Waals surface area contributed by atoms with Gasteiger partial charge in [-0.15, -0.1) is 11.3 Å². The molecule has 3 rings (SSSR count). The Kier molecular flexibility index (Phi) is 4.75. The second kappa shape index (κ2) is 7.14. The molecular formula is C16H14N4O4S. The van der Waals surface area contributed by atoms with Crippen molar-refractivity contribution >= 4 is 34.0 Å². The molecule has 2 N–H and O–H groups in total. The fraction of sp³-hybridized carbons (Fsp3) is 0.125. The zero-order chi connectivity index (χ0) is 17.8. The molecule has 128 valence electrons. The van der Waals surface area contributed by atoms with Crippen LogP contribution in [0.1, 0.15) is 5.69 Å². The summed E-state index contributed by atoms with van der Waals surface area (Å²) in [7, 11) is 1.50. The third-order valence-electron chi connectivity index (χ3n) is 3.20. The van der Waals surface area contributed by atoms with Crippen molar-refractivity contribution in [3.63, 3.8) is 0 Å². The molecule has 0 atom stereocenters. The molecule has 2 aromatic heterocycles. The summed E-state index contributed by atoms with van der Waals surface area (Å²) in [4.78, 5) is 31.9. The van der Waals surface area contributed by atoms with Gasteiger partial charge in [-0.25, -0.2) is 9.97 Å². The van der Waals surface area contributed by atoms with Gasteiger partial charge in [-0.05, 0) is 19.1 Å². The first-order valence-electron chi connectivity index (χ1n) is 7.18. The van der Waals surface area contributed by atoms with E-state index in [9.17, 15) is 9.59 Å². The first-order valence-corrected chi connectivity index (χ1v) is 8.06. The smallest absolute Gasteiger partial charge is 0.315 e. The van der Waals surface area contributed by atoms with Crippen LogP contribution >= 0.6 is 11.3 Å². The zero-order valence-corrected chi connectivity index (χ0v) is 14.2. The van der Waals surface area contributed by atoms with Crippen molar-refractivity contribution in [2.24, 2.45) is 0 Å². The van der Waals surface area contributed by atoms with E-state index < -0.39 is 11.8 Å². The Morgan fingerprint density at radius 1 is 1.24 bits per heavy atom. The number of oxazole rings is 1. The number of aromatic nitrogens is 2. The molecule has 0 spiro atoms. The number of nitrogens with one attached hydrogen (secondary N) is 2. The van der Waals surface area contributed by atoms with E-state index in [4.69, 9.17) is 9.15 Å². The summed E-state index contributed by atoms with van der Waals surface area (Å²) in [6.07, 6.45) is 2.87. The lowest BCUT2D eigenvalue weighted by Crippen LogP contribution is -2.29. The molecule has 0 unspecified atom stereocenters. The van der Waals surface area contributed by atoms with Gasteiger partial charge < -0.3 is 14.5 Å². The van der Waals surface area contributed by atoms with Crippen LogP contribution in [0, 0.1) is 6.92 Å². The highest BCUT2D eigenvalue weighted by atomic mass is 32.1. The van der Waals surface area contributed by atoms with Crippen LogP contribution in [0.3, 0.4) is 0 Å². The second-order valence-corrected chi connectivity index (χ2v) is 5.84. The van der Waals surface area contributed by atoms with Gasteiger partial charge in [-0.2, -0.15) is 0 Å². The topological polar surface area (TPSA) is 106 Å². The Morgan fingerprint density at radius 3 is 2.68 bits per heavy atom. The van der Waals surface area contributed by atoms with Crippen LogP contribution < -0.4 is 15.4 Å². The summed E-state index contributed by atoms with van der Waals surface area (Å²) in [5, 5.41) is 7.11. The minimum Gasteiger partial charge on any atom is -0.496 e. The van der Waals surface area contributed by atoms with Gasteiger partial charge in [-0.1, -0.05) is 0 Å². The van der Waals surface area contributed by atoms with E-state index in [1.807, 2.05) is 0 Å². The lowest BCUT2D eigenvalue weighted by molar-refractivity contribution is -0.133. The maximum atomic E-state index is 12.0. The minimum absolute atomic E-state index is 0.371. The summed E-state index contributed by atoms with van der Waals surface area (Å²) < 4.78 is 10.5. The van der Waals surface area contributed by atoms with Gasteiger partial charge in [0.15, 0.2) is 17.3 Å². The molecule has 9 heteroatoms. The summed E-state index contributed by atoms with van der Waals surface area (Å²) in [6.45, 7) is 1.80. The molecule has 0 aliphatic heterocycles. The van der Waals surface area contributed by atoms with Gasteiger partial charge >= 0.3 is 11.8 Å². The lowest BCUT2D eigenvalue weighted by atomic mass is 10.1. The fourth-order valence-corrected chi connectivity index (χ4v) is 2.76. The second-order valence-electron chi connectivity index (χ2n) is 4.98. The molecule has 8 nitrogen and oxygen atoms in total. The van der Waals surface area contributed by atoms with Crippen LogP contribution in [0.2, 0.25) is 0 Å².